The first-order chi connectivity index (χ1) is 6.36. The van der Waals surface area contributed by atoms with Gasteiger partial charge in [0.15, 0.2) is 0 Å². The highest BCUT2D eigenvalue weighted by molar-refractivity contribution is 7.99. The number of hydrogen-bond donors (Lipinski definition) is 0. The van der Waals surface area contributed by atoms with Gasteiger partial charge < -0.3 is 4.84 Å². The molecule has 0 saturated heterocycles. The van der Waals surface area contributed by atoms with Gasteiger partial charge in [-0.2, -0.15) is 11.8 Å². The number of thioether (sulfide) groups is 1. The molecule has 0 fully saturated rings. The highest BCUT2D eigenvalue weighted by Crippen LogP contribution is 2.18. The average molecular weight is 201 g/mol. The van der Waals surface area contributed by atoms with Crippen molar-refractivity contribution in [1.29, 1.82) is 0 Å². The minimum Gasteiger partial charge on any atom is -0.392 e. The summed E-state index contributed by atoms with van der Waals surface area (Å²) in [6, 6.07) is 0. The molecule has 0 aromatic heterocycles. The van der Waals surface area contributed by atoms with Crippen molar-refractivity contribution in [2.75, 3.05) is 11.5 Å². The number of rotatable bonds is 6. The molecule has 0 N–H and O–H groups in total. The summed E-state index contributed by atoms with van der Waals surface area (Å²) in [5.74, 6) is 2.22. The van der Waals surface area contributed by atoms with Gasteiger partial charge in [0.05, 0.1) is 5.71 Å². The van der Waals surface area contributed by atoms with Gasteiger partial charge >= 0.3 is 0 Å². The zero-order valence-electron chi connectivity index (χ0n) is 8.58. The summed E-state index contributed by atoms with van der Waals surface area (Å²) < 4.78 is 0. The molecule has 0 aromatic carbocycles. The molecule has 1 unspecified atom stereocenters. The van der Waals surface area contributed by atoms with E-state index in [-0.39, 0.29) is 0 Å². The second kappa shape index (κ2) is 6.30. The van der Waals surface area contributed by atoms with Gasteiger partial charge in [-0.1, -0.05) is 25.4 Å². The number of oxime groups is 1. The molecule has 0 radical (unpaired) electrons. The van der Waals surface area contributed by atoms with Crippen LogP contribution in [0.2, 0.25) is 0 Å². The number of unbranched alkanes of at least 4 members (excludes halogenated alkanes) is 1. The van der Waals surface area contributed by atoms with Crippen LogP contribution in [0.4, 0.5) is 0 Å². The molecular weight excluding hydrogens is 182 g/mol. The van der Waals surface area contributed by atoms with Crippen LogP contribution in [0.15, 0.2) is 5.16 Å². The molecule has 13 heavy (non-hydrogen) atoms. The van der Waals surface area contributed by atoms with Gasteiger partial charge in [0, 0.05) is 12.2 Å². The Bertz CT molecular complexity index is 170. The van der Waals surface area contributed by atoms with Gasteiger partial charge in [0.25, 0.3) is 0 Å². The third-order valence-electron chi connectivity index (χ3n) is 2.15. The smallest absolute Gasteiger partial charge is 0.132 e. The van der Waals surface area contributed by atoms with Crippen molar-refractivity contribution < 1.29 is 4.84 Å². The molecule has 0 aromatic rings. The predicted molar refractivity (Wildman–Crippen MR) is 59.4 cm³/mol. The van der Waals surface area contributed by atoms with Crippen LogP contribution in [0.3, 0.4) is 0 Å². The van der Waals surface area contributed by atoms with Gasteiger partial charge in [-0.15, -0.1) is 0 Å². The molecule has 1 heterocycles. The van der Waals surface area contributed by atoms with E-state index >= 15 is 0 Å². The summed E-state index contributed by atoms with van der Waals surface area (Å²) in [4.78, 5) is 5.34. The Hall–Kier alpha value is -0.180. The summed E-state index contributed by atoms with van der Waals surface area (Å²) in [7, 11) is 0. The van der Waals surface area contributed by atoms with Crippen molar-refractivity contribution in [3.05, 3.63) is 0 Å². The molecule has 76 valence electrons. The summed E-state index contributed by atoms with van der Waals surface area (Å²) in [6.45, 7) is 4.39. The first-order valence-corrected chi connectivity index (χ1v) is 6.31. The van der Waals surface area contributed by atoms with Crippen molar-refractivity contribution in [3.63, 3.8) is 0 Å². The zero-order chi connectivity index (χ0) is 9.52. The lowest BCUT2D eigenvalue weighted by Gasteiger charge is -2.05. The summed E-state index contributed by atoms with van der Waals surface area (Å²) >= 11 is 1.92. The summed E-state index contributed by atoms with van der Waals surface area (Å²) in [5.41, 5.74) is 1.24. The maximum Gasteiger partial charge on any atom is 0.132 e. The molecule has 0 spiro atoms. The van der Waals surface area contributed by atoms with E-state index < -0.39 is 0 Å². The Morgan fingerprint density at radius 2 is 2.38 bits per heavy atom. The maximum absolute atomic E-state index is 5.34. The lowest BCUT2D eigenvalue weighted by Crippen LogP contribution is -2.08. The van der Waals surface area contributed by atoms with Gasteiger partial charge in [0.2, 0.25) is 0 Å². The minimum absolute atomic E-state index is 0.382. The standard InChI is InChI=1S/C10H19NOS/c1-3-5-6-10-7-9(11-12-10)8-13-4-2/h10H,3-8H2,1-2H3. The Kier molecular flexibility index (Phi) is 5.28. The van der Waals surface area contributed by atoms with Crippen LogP contribution < -0.4 is 0 Å². The summed E-state index contributed by atoms with van der Waals surface area (Å²) in [6.07, 6.45) is 5.12. The van der Waals surface area contributed by atoms with Crippen LogP contribution >= 0.6 is 11.8 Å². The van der Waals surface area contributed by atoms with Gasteiger partial charge in [-0.05, 0) is 18.6 Å². The first kappa shape index (κ1) is 10.9. The molecule has 0 aliphatic carbocycles. The van der Waals surface area contributed by atoms with Crippen molar-refractivity contribution in [3.8, 4) is 0 Å². The van der Waals surface area contributed by atoms with Crippen molar-refractivity contribution in [2.24, 2.45) is 5.16 Å². The highest BCUT2D eigenvalue weighted by atomic mass is 32.2. The second-order valence-corrected chi connectivity index (χ2v) is 4.64. The van der Waals surface area contributed by atoms with Crippen LogP contribution in [0.25, 0.3) is 0 Å². The largest absolute Gasteiger partial charge is 0.392 e. The quantitative estimate of drug-likeness (QED) is 0.658. The van der Waals surface area contributed by atoms with E-state index in [4.69, 9.17) is 4.84 Å². The van der Waals surface area contributed by atoms with E-state index in [9.17, 15) is 0 Å². The molecule has 0 bridgehead atoms. The molecule has 0 saturated carbocycles. The highest BCUT2D eigenvalue weighted by Gasteiger charge is 2.19. The molecular formula is C10H19NOS. The fourth-order valence-electron chi connectivity index (χ4n) is 1.38. The molecule has 1 aliphatic rings. The Balaban J connectivity index is 2.10. The minimum atomic E-state index is 0.382. The molecule has 1 atom stereocenters. The second-order valence-electron chi connectivity index (χ2n) is 3.37. The Morgan fingerprint density at radius 3 is 3.08 bits per heavy atom. The monoisotopic (exact) mass is 201 g/mol. The maximum atomic E-state index is 5.34. The van der Waals surface area contributed by atoms with Crippen molar-refractivity contribution in [2.45, 2.75) is 45.6 Å². The third-order valence-corrected chi connectivity index (χ3v) is 3.09. The third kappa shape index (κ3) is 4.03. The van der Waals surface area contributed by atoms with Crippen LogP contribution in [-0.2, 0) is 4.84 Å². The van der Waals surface area contributed by atoms with Crippen LogP contribution in [-0.4, -0.2) is 23.3 Å². The van der Waals surface area contributed by atoms with Crippen molar-refractivity contribution >= 4 is 17.5 Å². The van der Waals surface area contributed by atoms with Crippen LogP contribution in [0.5, 0.6) is 0 Å². The fourth-order valence-corrected chi connectivity index (χ4v) is 1.99. The average Bonchev–Trinajstić information content (AvgIpc) is 2.59. The van der Waals surface area contributed by atoms with Gasteiger partial charge in [-0.3, -0.25) is 0 Å². The molecule has 2 nitrogen and oxygen atoms in total. The number of hydrogen-bond acceptors (Lipinski definition) is 3. The lowest BCUT2D eigenvalue weighted by atomic mass is 10.1. The van der Waals surface area contributed by atoms with Crippen LogP contribution in [0.1, 0.15) is 39.5 Å². The molecule has 1 aliphatic heterocycles. The van der Waals surface area contributed by atoms with Crippen LogP contribution in [0, 0.1) is 0 Å². The summed E-state index contributed by atoms with van der Waals surface area (Å²) in [5, 5.41) is 4.10. The van der Waals surface area contributed by atoms with E-state index in [0.717, 1.165) is 12.2 Å². The van der Waals surface area contributed by atoms with Gasteiger partial charge in [-0.25, -0.2) is 0 Å². The molecule has 1 rings (SSSR count). The number of nitrogens with zero attached hydrogens (tertiary/aromatic N) is 1. The van der Waals surface area contributed by atoms with E-state index in [1.54, 1.807) is 0 Å². The van der Waals surface area contributed by atoms with Gasteiger partial charge in [0.1, 0.15) is 6.10 Å². The normalized spacial score (nSPS) is 21.4. The van der Waals surface area contributed by atoms with Crippen molar-refractivity contribution in [1.82, 2.24) is 0 Å². The Morgan fingerprint density at radius 1 is 1.54 bits per heavy atom. The topological polar surface area (TPSA) is 21.6 Å². The lowest BCUT2D eigenvalue weighted by molar-refractivity contribution is 0.0774. The zero-order valence-corrected chi connectivity index (χ0v) is 9.40. The molecule has 0 amide bonds. The van der Waals surface area contributed by atoms with E-state index in [2.05, 4.69) is 19.0 Å². The Labute approximate surface area is 85.1 Å². The van der Waals surface area contributed by atoms with E-state index in [0.29, 0.717) is 6.10 Å². The predicted octanol–water partition coefficient (Wildman–Crippen LogP) is 3.07. The SMILES string of the molecule is CCCCC1CC(CSCC)=NO1. The van der Waals surface area contributed by atoms with E-state index in [1.807, 2.05) is 11.8 Å². The molecule has 3 heteroatoms. The van der Waals surface area contributed by atoms with E-state index in [1.165, 1.54) is 30.7 Å². The fraction of sp³-hybridized carbons (Fsp3) is 0.900. The first-order valence-electron chi connectivity index (χ1n) is 5.16.